The van der Waals surface area contributed by atoms with Gasteiger partial charge in [0.05, 0.1) is 5.52 Å². The molecule has 0 aliphatic carbocycles. The van der Waals surface area contributed by atoms with Gasteiger partial charge < -0.3 is 14.2 Å². The third kappa shape index (κ3) is 7.43. The van der Waals surface area contributed by atoms with Crippen LogP contribution in [-0.4, -0.2) is 4.98 Å². The number of hydrogen-bond acceptors (Lipinski definition) is 4. The van der Waals surface area contributed by atoms with Gasteiger partial charge in [0, 0.05) is 23.7 Å². The predicted molar refractivity (Wildman–Crippen MR) is 169 cm³/mol. The number of aromatic nitrogens is 1. The highest BCUT2D eigenvalue weighted by Gasteiger charge is 2.05. The second-order valence-electron chi connectivity index (χ2n) is 10.0. The van der Waals surface area contributed by atoms with E-state index in [2.05, 4.69) is 59.6 Å². The summed E-state index contributed by atoms with van der Waals surface area (Å²) in [5.74, 6) is 2.31. The van der Waals surface area contributed by atoms with Crippen LogP contribution < -0.4 is 14.2 Å². The molecule has 0 fully saturated rings. The first-order valence-electron chi connectivity index (χ1n) is 14.0. The molecule has 0 saturated heterocycles. The Bertz CT molecular complexity index is 1710. The minimum Gasteiger partial charge on any atom is -0.489 e. The summed E-state index contributed by atoms with van der Waals surface area (Å²) >= 11 is 0. The Morgan fingerprint density at radius 1 is 0.452 bits per heavy atom. The third-order valence-electron chi connectivity index (χ3n) is 6.79. The Hall–Kier alpha value is -5.35. The van der Waals surface area contributed by atoms with Crippen LogP contribution in [0.2, 0.25) is 0 Å². The van der Waals surface area contributed by atoms with Crippen molar-refractivity contribution in [3.05, 3.63) is 167 Å². The summed E-state index contributed by atoms with van der Waals surface area (Å²) in [5, 5.41) is 1.05. The van der Waals surface area contributed by atoms with E-state index in [0.717, 1.165) is 56.0 Å². The summed E-state index contributed by atoms with van der Waals surface area (Å²) < 4.78 is 18.3. The molecule has 0 amide bonds. The molecule has 0 saturated carbocycles. The molecule has 1 aromatic heterocycles. The van der Waals surface area contributed by atoms with Crippen molar-refractivity contribution >= 4 is 23.1 Å². The first-order chi connectivity index (χ1) is 20.8. The summed E-state index contributed by atoms with van der Waals surface area (Å²) in [6.45, 7) is 1.49. The lowest BCUT2D eigenvalue weighted by atomic mass is 10.1. The Balaban J connectivity index is 1.18. The van der Waals surface area contributed by atoms with Crippen LogP contribution in [0, 0.1) is 0 Å². The van der Waals surface area contributed by atoms with E-state index in [9.17, 15) is 0 Å². The van der Waals surface area contributed by atoms with Crippen LogP contribution in [0.4, 0.5) is 0 Å². The molecule has 0 bridgehead atoms. The fourth-order valence-electron chi connectivity index (χ4n) is 4.57. The molecule has 0 spiro atoms. The molecule has 42 heavy (non-hydrogen) atoms. The van der Waals surface area contributed by atoms with Gasteiger partial charge in [0.25, 0.3) is 0 Å². The van der Waals surface area contributed by atoms with Crippen molar-refractivity contribution < 1.29 is 14.2 Å². The topological polar surface area (TPSA) is 40.6 Å². The summed E-state index contributed by atoms with van der Waals surface area (Å²) in [6, 6.07) is 44.6. The summed E-state index contributed by atoms with van der Waals surface area (Å²) in [4.78, 5) is 4.69. The van der Waals surface area contributed by atoms with Crippen LogP contribution in [-0.2, 0) is 19.8 Å². The van der Waals surface area contributed by atoms with Crippen molar-refractivity contribution in [3.63, 3.8) is 0 Å². The number of pyridine rings is 1. The second kappa shape index (κ2) is 13.3. The van der Waals surface area contributed by atoms with Crippen LogP contribution in [0.3, 0.4) is 0 Å². The van der Waals surface area contributed by atoms with E-state index in [0.29, 0.717) is 19.8 Å². The number of rotatable bonds is 11. The fourth-order valence-corrected chi connectivity index (χ4v) is 4.57. The maximum absolute atomic E-state index is 6.16. The molecule has 206 valence electrons. The predicted octanol–water partition coefficient (Wildman–Crippen LogP) is 9.14. The van der Waals surface area contributed by atoms with Gasteiger partial charge in [0.1, 0.15) is 37.1 Å². The van der Waals surface area contributed by atoms with Crippen LogP contribution >= 0.6 is 0 Å². The van der Waals surface area contributed by atoms with Crippen LogP contribution in [0.25, 0.3) is 23.1 Å². The number of fused-ring (bicyclic) bond motifs is 1. The SMILES string of the molecule is C(=C\c1cnc2cc(OCc3ccccc3)ccc2c1)/c1cc(OCc2ccccc2)cc(OCc2ccccc2)c1. The van der Waals surface area contributed by atoms with Gasteiger partial charge in [-0.3, -0.25) is 4.98 Å². The van der Waals surface area contributed by atoms with Gasteiger partial charge in [0.2, 0.25) is 0 Å². The Morgan fingerprint density at radius 3 is 1.50 bits per heavy atom. The van der Waals surface area contributed by atoms with Gasteiger partial charge in [0.15, 0.2) is 0 Å². The lowest BCUT2D eigenvalue weighted by molar-refractivity contribution is 0.290. The van der Waals surface area contributed by atoms with E-state index in [4.69, 9.17) is 14.2 Å². The lowest BCUT2D eigenvalue weighted by Crippen LogP contribution is -1.98. The Kier molecular flexibility index (Phi) is 8.53. The molecule has 0 unspecified atom stereocenters. The molecule has 5 aromatic carbocycles. The van der Waals surface area contributed by atoms with E-state index in [1.807, 2.05) is 97.2 Å². The standard InChI is InChI=1S/C38H31NO3/c1-4-10-29(11-5-1)26-40-35-19-18-34-20-33(25-39-38(34)24-35)17-16-32-21-36(41-27-30-12-6-2-7-13-30)23-37(22-32)42-28-31-14-8-3-9-15-31/h1-25H,26-28H2/b17-16+. The maximum atomic E-state index is 6.16. The number of nitrogens with zero attached hydrogens (tertiary/aromatic N) is 1. The maximum Gasteiger partial charge on any atom is 0.124 e. The van der Waals surface area contributed by atoms with Crippen molar-refractivity contribution in [2.45, 2.75) is 19.8 Å². The van der Waals surface area contributed by atoms with E-state index in [1.165, 1.54) is 0 Å². The van der Waals surface area contributed by atoms with Gasteiger partial charge in [-0.15, -0.1) is 0 Å². The monoisotopic (exact) mass is 549 g/mol. The third-order valence-corrected chi connectivity index (χ3v) is 6.79. The number of benzene rings is 5. The van der Waals surface area contributed by atoms with Crippen LogP contribution in [0.1, 0.15) is 27.8 Å². The first-order valence-corrected chi connectivity index (χ1v) is 14.0. The molecular formula is C38H31NO3. The minimum atomic E-state index is 0.484. The normalized spacial score (nSPS) is 11.0. The van der Waals surface area contributed by atoms with Crippen molar-refractivity contribution in [1.29, 1.82) is 0 Å². The van der Waals surface area contributed by atoms with Crippen LogP contribution in [0.15, 0.2) is 140 Å². The molecule has 0 aliphatic rings. The van der Waals surface area contributed by atoms with Crippen molar-refractivity contribution in [3.8, 4) is 17.2 Å². The molecule has 0 N–H and O–H groups in total. The zero-order chi connectivity index (χ0) is 28.4. The Labute approximate surface area is 246 Å². The quantitative estimate of drug-likeness (QED) is 0.162. The van der Waals surface area contributed by atoms with Gasteiger partial charge >= 0.3 is 0 Å². The molecule has 4 heteroatoms. The largest absolute Gasteiger partial charge is 0.489 e. The zero-order valence-electron chi connectivity index (χ0n) is 23.2. The summed E-state index contributed by atoms with van der Waals surface area (Å²) in [6.07, 6.45) is 6.00. The summed E-state index contributed by atoms with van der Waals surface area (Å²) in [5.41, 5.74) is 6.23. The van der Waals surface area contributed by atoms with Gasteiger partial charge in [-0.25, -0.2) is 0 Å². The van der Waals surface area contributed by atoms with Crippen molar-refractivity contribution in [2.75, 3.05) is 0 Å². The molecule has 0 radical (unpaired) electrons. The van der Waals surface area contributed by atoms with E-state index in [-0.39, 0.29) is 0 Å². The van der Waals surface area contributed by atoms with Gasteiger partial charge in [-0.05, 0) is 58.1 Å². The average molecular weight is 550 g/mol. The number of hydrogen-bond donors (Lipinski definition) is 0. The highest BCUT2D eigenvalue weighted by atomic mass is 16.5. The van der Waals surface area contributed by atoms with E-state index in [1.54, 1.807) is 0 Å². The van der Waals surface area contributed by atoms with E-state index < -0.39 is 0 Å². The highest BCUT2D eigenvalue weighted by Crippen LogP contribution is 2.27. The van der Waals surface area contributed by atoms with Gasteiger partial charge in [-0.1, -0.05) is 103 Å². The molecule has 6 aromatic rings. The first kappa shape index (κ1) is 26.9. The van der Waals surface area contributed by atoms with Crippen molar-refractivity contribution in [2.24, 2.45) is 0 Å². The van der Waals surface area contributed by atoms with E-state index >= 15 is 0 Å². The molecule has 4 nitrogen and oxygen atoms in total. The molecule has 0 aliphatic heterocycles. The number of ether oxygens (including phenoxy) is 3. The molecular weight excluding hydrogens is 518 g/mol. The summed E-state index contributed by atoms with van der Waals surface area (Å²) in [7, 11) is 0. The smallest absolute Gasteiger partial charge is 0.124 e. The average Bonchev–Trinajstić information content (AvgIpc) is 3.06. The minimum absolute atomic E-state index is 0.484. The second-order valence-corrected chi connectivity index (χ2v) is 10.0. The highest BCUT2D eigenvalue weighted by molar-refractivity contribution is 5.83. The molecule has 1 heterocycles. The zero-order valence-corrected chi connectivity index (χ0v) is 23.2. The van der Waals surface area contributed by atoms with Gasteiger partial charge in [-0.2, -0.15) is 0 Å². The molecule has 0 atom stereocenters. The fraction of sp³-hybridized carbons (Fsp3) is 0.0789. The lowest BCUT2D eigenvalue weighted by Gasteiger charge is -2.12. The van der Waals surface area contributed by atoms with Crippen molar-refractivity contribution in [1.82, 2.24) is 4.98 Å². The van der Waals surface area contributed by atoms with Crippen LogP contribution in [0.5, 0.6) is 17.2 Å². The molecule has 6 rings (SSSR count). The Morgan fingerprint density at radius 2 is 0.952 bits per heavy atom.